The van der Waals surface area contributed by atoms with Crippen LogP contribution in [0.2, 0.25) is 0 Å². The van der Waals surface area contributed by atoms with Gasteiger partial charge in [-0.2, -0.15) is 0 Å². The Morgan fingerprint density at radius 3 is 2.52 bits per heavy atom. The molecule has 2 rings (SSSR count). The minimum atomic E-state index is 0.195. The molecule has 0 amide bonds. The van der Waals surface area contributed by atoms with Crippen LogP contribution in [0.5, 0.6) is 0 Å². The molecule has 0 aromatic rings. The molecule has 2 aliphatic rings. The van der Waals surface area contributed by atoms with E-state index in [0.717, 1.165) is 25.7 Å². The molecule has 1 saturated heterocycles. The summed E-state index contributed by atoms with van der Waals surface area (Å²) < 4.78 is 6.05. The predicted octanol–water partition coefficient (Wildman–Crippen LogP) is 2.94. The third kappa shape index (κ3) is 4.87. The lowest BCUT2D eigenvalue weighted by molar-refractivity contribution is -0.0823. The fourth-order valence-corrected chi connectivity index (χ4v) is 3.26. The molecule has 0 radical (unpaired) electrons. The Morgan fingerprint density at radius 1 is 1.19 bits per heavy atom. The number of rotatable bonds is 4. The van der Waals surface area contributed by atoms with Gasteiger partial charge in [-0.1, -0.05) is 20.8 Å². The molecule has 2 fully saturated rings. The van der Waals surface area contributed by atoms with Gasteiger partial charge in [-0.25, -0.2) is 0 Å². The van der Waals surface area contributed by atoms with Crippen molar-refractivity contribution in [2.45, 2.75) is 71.9 Å². The Morgan fingerprint density at radius 2 is 1.95 bits per heavy atom. The van der Waals surface area contributed by atoms with Gasteiger partial charge < -0.3 is 15.4 Å². The second kappa shape index (κ2) is 7.48. The first-order valence-electron chi connectivity index (χ1n) is 8.67. The van der Waals surface area contributed by atoms with Gasteiger partial charge in [-0.05, 0) is 44.4 Å². The molecule has 21 heavy (non-hydrogen) atoms. The quantitative estimate of drug-likeness (QED) is 0.619. The van der Waals surface area contributed by atoms with Crippen LogP contribution in [0.15, 0.2) is 4.99 Å². The number of hydrogen-bond donors (Lipinski definition) is 2. The SMILES string of the molecule is CCNC(=NCC1CCCOC1C(C)(C)C)NC1CCC1. The zero-order valence-corrected chi connectivity index (χ0v) is 14.2. The molecule has 4 nitrogen and oxygen atoms in total. The van der Waals surface area contributed by atoms with E-state index in [-0.39, 0.29) is 5.41 Å². The average molecular weight is 295 g/mol. The summed E-state index contributed by atoms with van der Waals surface area (Å²) in [7, 11) is 0. The highest BCUT2D eigenvalue weighted by molar-refractivity contribution is 5.80. The van der Waals surface area contributed by atoms with E-state index < -0.39 is 0 Å². The van der Waals surface area contributed by atoms with E-state index in [1.165, 1.54) is 32.1 Å². The molecule has 0 aromatic carbocycles. The molecular weight excluding hydrogens is 262 g/mol. The molecular formula is C17H33N3O. The zero-order valence-electron chi connectivity index (χ0n) is 14.2. The van der Waals surface area contributed by atoms with E-state index >= 15 is 0 Å². The lowest BCUT2D eigenvalue weighted by atomic mass is 9.78. The van der Waals surface area contributed by atoms with Gasteiger partial charge in [0.05, 0.1) is 6.10 Å². The standard InChI is InChI=1S/C17H33N3O/c1-5-18-16(20-14-9-6-10-14)19-12-13-8-7-11-21-15(13)17(2,3)4/h13-15H,5-12H2,1-4H3,(H2,18,19,20). The Labute approximate surface area is 130 Å². The summed E-state index contributed by atoms with van der Waals surface area (Å²) in [5.74, 6) is 1.52. The van der Waals surface area contributed by atoms with Crippen molar-refractivity contribution in [1.82, 2.24) is 10.6 Å². The molecule has 4 heteroatoms. The van der Waals surface area contributed by atoms with Crippen LogP contribution in [-0.4, -0.2) is 37.8 Å². The normalized spacial score (nSPS) is 28.1. The average Bonchev–Trinajstić information content (AvgIpc) is 2.39. The molecule has 1 aliphatic carbocycles. The van der Waals surface area contributed by atoms with Crippen molar-refractivity contribution < 1.29 is 4.74 Å². The van der Waals surface area contributed by atoms with Gasteiger partial charge in [0.2, 0.25) is 0 Å². The van der Waals surface area contributed by atoms with Crippen LogP contribution in [-0.2, 0) is 4.74 Å². The van der Waals surface area contributed by atoms with Gasteiger partial charge in [0.1, 0.15) is 0 Å². The summed E-state index contributed by atoms with van der Waals surface area (Å²) in [6.07, 6.45) is 6.62. The zero-order chi connectivity index (χ0) is 15.3. The number of guanidine groups is 1. The highest BCUT2D eigenvalue weighted by Crippen LogP contribution is 2.34. The van der Waals surface area contributed by atoms with Crippen molar-refractivity contribution in [3.05, 3.63) is 0 Å². The van der Waals surface area contributed by atoms with E-state index in [0.29, 0.717) is 18.1 Å². The molecule has 1 aliphatic heterocycles. The van der Waals surface area contributed by atoms with Crippen LogP contribution >= 0.6 is 0 Å². The van der Waals surface area contributed by atoms with Gasteiger partial charge in [-0.3, -0.25) is 4.99 Å². The van der Waals surface area contributed by atoms with Crippen molar-refractivity contribution in [3.63, 3.8) is 0 Å². The summed E-state index contributed by atoms with van der Waals surface area (Å²) >= 11 is 0. The van der Waals surface area contributed by atoms with E-state index in [9.17, 15) is 0 Å². The van der Waals surface area contributed by atoms with Gasteiger partial charge in [-0.15, -0.1) is 0 Å². The number of nitrogens with one attached hydrogen (secondary N) is 2. The monoisotopic (exact) mass is 295 g/mol. The van der Waals surface area contributed by atoms with Gasteiger partial charge in [0.25, 0.3) is 0 Å². The van der Waals surface area contributed by atoms with E-state index in [4.69, 9.17) is 9.73 Å². The number of hydrogen-bond acceptors (Lipinski definition) is 2. The number of ether oxygens (including phenoxy) is 1. The third-order valence-electron chi connectivity index (χ3n) is 4.57. The number of aliphatic imine (C=N–C) groups is 1. The molecule has 122 valence electrons. The Balaban J connectivity index is 1.93. The maximum Gasteiger partial charge on any atom is 0.191 e. The Hall–Kier alpha value is -0.770. The van der Waals surface area contributed by atoms with E-state index in [2.05, 4.69) is 38.3 Å². The first-order valence-corrected chi connectivity index (χ1v) is 8.67. The molecule has 0 spiro atoms. The fourth-order valence-electron chi connectivity index (χ4n) is 3.26. The third-order valence-corrected chi connectivity index (χ3v) is 4.57. The van der Waals surface area contributed by atoms with Crippen LogP contribution in [0.25, 0.3) is 0 Å². The van der Waals surface area contributed by atoms with Crippen LogP contribution in [0.3, 0.4) is 0 Å². The first kappa shape index (κ1) is 16.6. The van der Waals surface area contributed by atoms with Crippen LogP contribution in [0.1, 0.15) is 59.8 Å². The molecule has 0 aromatic heterocycles. The summed E-state index contributed by atoms with van der Waals surface area (Å²) in [6.45, 7) is 11.6. The Kier molecular flexibility index (Phi) is 5.91. The second-order valence-corrected chi connectivity index (χ2v) is 7.55. The molecule has 2 atom stereocenters. The highest BCUT2D eigenvalue weighted by atomic mass is 16.5. The number of nitrogens with zero attached hydrogens (tertiary/aromatic N) is 1. The summed E-state index contributed by atoms with van der Waals surface area (Å²) in [6, 6.07) is 0.629. The van der Waals surface area contributed by atoms with Crippen molar-refractivity contribution in [2.24, 2.45) is 16.3 Å². The largest absolute Gasteiger partial charge is 0.377 e. The molecule has 0 bridgehead atoms. The van der Waals surface area contributed by atoms with Gasteiger partial charge >= 0.3 is 0 Å². The maximum atomic E-state index is 6.05. The van der Waals surface area contributed by atoms with Gasteiger partial charge in [0.15, 0.2) is 5.96 Å². The minimum Gasteiger partial charge on any atom is -0.377 e. The topological polar surface area (TPSA) is 45.7 Å². The summed E-state index contributed by atoms with van der Waals surface area (Å²) in [4.78, 5) is 4.84. The maximum absolute atomic E-state index is 6.05. The van der Waals surface area contributed by atoms with Gasteiger partial charge in [0, 0.05) is 31.7 Å². The lowest BCUT2D eigenvalue weighted by Gasteiger charge is -2.39. The molecule has 2 unspecified atom stereocenters. The Bertz CT molecular complexity index is 344. The van der Waals surface area contributed by atoms with E-state index in [1.807, 2.05) is 0 Å². The fraction of sp³-hybridized carbons (Fsp3) is 0.941. The van der Waals surface area contributed by atoms with Crippen molar-refractivity contribution in [1.29, 1.82) is 0 Å². The highest BCUT2D eigenvalue weighted by Gasteiger charge is 2.35. The van der Waals surface area contributed by atoms with Crippen LogP contribution in [0, 0.1) is 11.3 Å². The molecule has 2 N–H and O–H groups in total. The van der Waals surface area contributed by atoms with Crippen molar-refractivity contribution in [3.8, 4) is 0 Å². The van der Waals surface area contributed by atoms with Crippen LogP contribution < -0.4 is 10.6 Å². The molecule has 1 saturated carbocycles. The van der Waals surface area contributed by atoms with E-state index in [1.54, 1.807) is 0 Å². The first-order chi connectivity index (χ1) is 10.0. The second-order valence-electron chi connectivity index (χ2n) is 7.55. The van der Waals surface area contributed by atoms with Crippen LogP contribution in [0.4, 0.5) is 0 Å². The smallest absolute Gasteiger partial charge is 0.191 e. The summed E-state index contributed by atoms with van der Waals surface area (Å²) in [5.41, 5.74) is 0.195. The molecule has 1 heterocycles. The lowest BCUT2D eigenvalue weighted by Crippen LogP contribution is -2.47. The van der Waals surface area contributed by atoms with Crippen molar-refractivity contribution in [2.75, 3.05) is 19.7 Å². The summed E-state index contributed by atoms with van der Waals surface area (Å²) in [5, 5.41) is 6.92. The van der Waals surface area contributed by atoms with Crippen molar-refractivity contribution >= 4 is 5.96 Å². The minimum absolute atomic E-state index is 0.195. The predicted molar refractivity (Wildman–Crippen MR) is 88.7 cm³/mol.